The molecule has 0 spiro atoms. The van der Waals surface area contributed by atoms with E-state index >= 15 is 0 Å². The summed E-state index contributed by atoms with van der Waals surface area (Å²) in [7, 11) is 0. The highest BCUT2D eigenvalue weighted by Gasteiger charge is 2.23. The Hall–Kier alpha value is -1.88. The van der Waals surface area contributed by atoms with Gasteiger partial charge < -0.3 is 5.32 Å². The van der Waals surface area contributed by atoms with Crippen LogP contribution in [0, 0.1) is 25.5 Å². The summed E-state index contributed by atoms with van der Waals surface area (Å²) in [6.07, 6.45) is 0.864. The van der Waals surface area contributed by atoms with Gasteiger partial charge in [0.15, 0.2) is 0 Å². The van der Waals surface area contributed by atoms with E-state index in [1.54, 1.807) is 6.92 Å². The van der Waals surface area contributed by atoms with Crippen molar-refractivity contribution < 1.29 is 8.78 Å². The molecule has 5 heteroatoms. The molecule has 0 bridgehead atoms. The van der Waals surface area contributed by atoms with Gasteiger partial charge in [-0.25, -0.2) is 8.78 Å². The summed E-state index contributed by atoms with van der Waals surface area (Å²) < 4.78 is 28.3. The minimum atomic E-state index is -0.569. The lowest BCUT2D eigenvalue weighted by molar-refractivity contribution is 0.500. The average molecular weight is 291 g/mol. The van der Waals surface area contributed by atoms with E-state index in [-0.39, 0.29) is 5.56 Å². The van der Waals surface area contributed by atoms with E-state index in [1.165, 1.54) is 18.2 Å². The van der Waals surface area contributed by atoms with Gasteiger partial charge in [-0.05, 0) is 50.6 Å². The topological polar surface area (TPSA) is 37.8 Å². The molecular formula is C16H19F2N3. The number of hydrogen-bond acceptors (Lipinski definition) is 3. The highest BCUT2D eigenvalue weighted by atomic mass is 19.1. The summed E-state index contributed by atoms with van der Waals surface area (Å²) in [5, 5.41) is 11.2. The summed E-state index contributed by atoms with van der Waals surface area (Å²) in [6.45, 7) is 6.26. The molecule has 1 aromatic heterocycles. The van der Waals surface area contributed by atoms with Crippen molar-refractivity contribution in [3.8, 4) is 0 Å². The van der Waals surface area contributed by atoms with Crippen LogP contribution in [0.1, 0.15) is 41.9 Å². The van der Waals surface area contributed by atoms with Crippen LogP contribution in [-0.2, 0) is 0 Å². The fourth-order valence-corrected chi connectivity index (χ4v) is 2.30. The van der Waals surface area contributed by atoms with Crippen LogP contribution in [0.2, 0.25) is 0 Å². The van der Waals surface area contributed by atoms with E-state index in [1.807, 2.05) is 19.9 Å². The molecule has 1 N–H and O–H groups in total. The van der Waals surface area contributed by atoms with E-state index < -0.39 is 17.7 Å². The van der Waals surface area contributed by atoms with Gasteiger partial charge in [0.25, 0.3) is 0 Å². The first kappa shape index (κ1) is 15.5. The normalized spacial score (nSPS) is 12.4. The van der Waals surface area contributed by atoms with E-state index in [9.17, 15) is 8.78 Å². The average Bonchev–Trinajstić information content (AvgIpc) is 2.45. The van der Waals surface area contributed by atoms with Gasteiger partial charge in [0, 0.05) is 5.56 Å². The van der Waals surface area contributed by atoms with Gasteiger partial charge >= 0.3 is 0 Å². The zero-order valence-electron chi connectivity index (χ0n) is 12.5. The molecule has 0 saturated carbocycles. The molecular weight excluding hydrogens is 272 g/mol. The Morgan fingerprint density at radius 1 is 1.14 bits per heavy atom. The highest BCUT2D eigenvalue weighted by molar-refractivity contribution is 5.36. The molecule has 0 aliphatic carbocycles. The summed E-state index contributed by atoms with van der Waals surface area (Å²) in [6, 6.07) is 5.17. The van der Waals surface area contributed by atoms with E-state index in [2.05, 4.69) is 15.5 Å². The fraction of sp³-hybridized carbons (Fsp3) is 0.375. The Bertz CT molecular complexity index is 609. The van der Waals surface area contributed by atoms with Crippen LogP contribution < -0.4 is 5.32 Å². The SMILES string of the molecule is CCCNC(c1cc(C)nnc1C)c1c(F)cccc1F. The van der Waals surface area contributed by atoms with E-state index in [0.29, 0.717) is 12.2 Å². The third-order valence-corrected chi connectivity index (χ3v) is 3.34. The lowest BCUT2D eigenvalue weighted by Crippen LogP contribution is -2.26. The van der Waals surface area contributed by atoms with E-state index in [4.69, 9.17) is 0 Å². The number of halogens is 2. The number of aryl methyl sites for hydroxylation is 2. The quantitative estimate of drug-likeness (QED) is 0.916. The van der Waals surface area contributed by atoms with Crippen molar-refractivity contribution in [2.24, 2.45) is 0 Å². The second-order valence-corrected chi connectivity index (χ2v) is 5.05. The molecule has 0 amide bonds. The smallest absolute Gasteiger partial charge is 0.131 e. The van der Waals surface area contributed by atoms with Crippen molar-refractivity contribution in [3.05, 3.63) is 58.4 Å². The van der Waals surface area contributed by atoms with Crippen LogP contribution >= 0.6 is 0 Å². The van der Waals surface area contributed by atoms with Gasteiger partial charge in [-0.2, -0.15) is 10.2 Å². The molecule has 0 fully saturated rings. The van der Waals surface area contributed by atoms with Crippen LogP contribution in [-0.4, -0.2) is 16.7 Å². The summed E-state index contributed by atoms with van der Waals surface area (Å²) in [5.74, 6) is -1.12. The first-order chi connectivity index (χ1) is 10.0. The monoisotopic (exact) mass is 291 g/mol. The molecule has 0 aliphatic heterocycles. The van der Waals surface area contributed by atoms with Gasteiger partial charge in [0.1, 0.15) is 11.6 Å². The number of nitrogens with one attached hydrogen (secondary N) is 1. The lowest BCUT2D eigenvalue weighted by Gasteiger charge is -2.22. The number of benzene rings is 1. The Labute approximate surface area is 123 Å². The Morgan fingerprint density at radius 2 is 1.81 bits per heavy atom. The van der Waals surface area contributed by atoms with Crippen molar-refractivity contribution in [2.45, 2.75) is 33.2 Å². The Kier molecular flexibility index (Phi) is 4.96. The second kappa shape index (κ2) is 6.72. The maximum atomic E-state index is 14.1. The molecule has 1 heterocycles. The van der Waals surface area contributed by atoms with Crippen molar-refractivity contribution in [1.29, 1.82) is 0 Å². The molecule has 3 nitrogen and oxygen atoms in total. The second-order valence-electron chi connectivity index (χ2n) is 5.05. The van der Waals surface area contributed by atoms with Gasteiger partial charge in [-0.15, -0.1) is 0 Å². The molecule has 1 atom stereocenters. The minimum Gasteiger partial charge on any atom is -0.306 e. The molecule has 1 aromatic carbocycles. The van der Waals surface area contributed by atoms with Crippen LogP contribution in [0.25, 0.3) is 0 Å². The van der Waals surface area contributed by atoms with Crippen LogP contribution in [0.15, 0.2) is 24.3 Å². The maximum Gasteiger partial charge on any atom is 0.131 e. The van der Waals surface area contributed by atoms with Crippen LogP contribution in [0.3, 0.4) is 0 Å². The summed E-state index contributed by atoms with van der Waals surface area (Å²) in [5.41, 5.74) is 2.16. The summed E-state index contributed by atoms with van der Waals surface area (Å²) >= 11 is 0. The molecule has 0 radical (unpaired) electrons. The molecule has 0 saturated heterocycles. The molecule has 1 unspecified atom stereocenters. The van der Waals surface area contributed by atoms with Gasteiger partial charge in [0.2, 0.25) is 0 Å². The maximum absolute atomic E-state index is 14.1. The van der Waals surface area contributed by atoms with Crippen molar-refractivity contribution in [1.82, 2.24) is 15.5 Å². The molecule has 2 aromatic rings. The third-order valence-electron chi connectivity index (χ3n) is 3.34. The van der Waals surface area contributed by atoms with Crippen molar-refractivity contribution in [3.63, 3.8) is 0 Å². The van der Waals surface area contributed by atoms with E-state index in [0.717, 1.165) is 17.7 Å². The molecule has 2 rings (SSSR count). The lowest BCUT2D eigenvalue weighted by atomic mass is 9.96. The number of hydrogen-bond donors (Lipinski definition) is 1. The minimum absolute atomic E-state index is 0.0291. The predicted octanol–water partition coefficient (Wildman–Crippen LogP) is 3.46. The van der Waals surface area contributed by atoms with Gasteiger partial charge in [-0.1, -0.05) is 13.0 Å². The number of aromatic nitrogens is 2. The van der Waals surface area contributed by atoms with Crippen LogP contribution in [0.5, 0.6) is 0 Å². The van der Waals surface area contributed by atoms with Gasteiger partial charge in [0.05, 0.1) is 17.4 Å². The standard InChI is InChI=1S/C16H19F2N3/c1-4-8-19-16(12-9-10(2)20-21-11(12)3)15-13(17)6-5-7-14(15)18/h5-7,9,16,19H,4,8H2,1-3H3. The first-order valence-electron chi connectivity index (χ1n) is 7.02. The van der Waals surface area contributed by atoms with Crippen LogP contribution in [0.4, 0.5) is 8.78 Å². The number of nitrogens with zero attached hydrogens (tertiary/aromatic N) is 2. The Balaban J connectivity index is 2.55. The highest BCUT2D eigenvalue weighted by Crippen LogP contribution is 2.28. The third kappa shape index (κ3) is 3.42. The Morgan fingerprint density at radius 3 is 2.43 bits per heavy atom. The largest absolute Gasteiger partial charge is 0.306 e. The molecule has 21 heavy (non-hydrogen) atoms. The fourth-order valence-electron chi connectivity index (χ4n) is 2.30. The molecule has 0 aliphatic rings. The first-order valence-corrected chi connectivity index (χ1v) is 7.02. The zero-order chi connectivity index (χ0) is 15.4. The molecule has 112 valence electrons. The number of rotatable bonds is 5. The van der Waals surface area contributed by atoms with Crippen molar-refractivity contribution >= 4 is 0 Å². The summed E-state index contributed by atoms with van der Waals surface area (Å²) in [4.78, 5) is 0. The predicted molar refractivity (Wildman–Crippen MR) is 78.0 cm³/mol. The van der Waals surface area contributed by atoms with Crippen molar-refractivity contribution in [2.75, 3.05) is 6.54 Å². The van der Waals surface area contributed by atoms with Gasteiger partial charge in [-0.3, -0.25) is 0 Å². The zero-order valence-corrected chi connectivity index (χ0v) is 12.5.